The topological polar surface area (TPSA) is 42.0 Å². The summed E-state index contributed by atoms with van der Waals surface area (Å²) in [5.74, 6) is -0.888. The van der Waals surface area contributed by atoms with E-state index < -0.39 is 11.4 Å². The van der Waals surface area contributed by atoms with E-state index in [0.717, 1.165) is 11.8 Å². The zero-order chi connectivity index (χ0) is 14.6. The molecule has 0 bridgehead atoms. The molecule has 2 rings (SSSR count). The Balaban J connectivity index is 2.24. The van der Waals surface area contributed by atoms with Gasteiger partial charge in [0, 0.05) is 11.5 Å². The van der Waals surface area contributed by atoms with Crippen LogP contribution in [0.15, 0.2) is 48.8 Å². The second kappa shape index (κ2) is 6.13. The van der Waals surface area contributed by atoms with Gasteiger partial charge in [0.1, 0.15) is 5.82 Å². The highest BCUT2D eigenvalue weighted by Gasteiger charge is 2.27. The van der Waals surface area contributed by atoms with E-state index in [0.29, 0.717) is 5.33 Å². The fourth-order valence-electron chi connectivity index (χ4n) is 1.85. The molecule has 1 N–H and O–H groups in total. The van der Waals surface area contributed by atoms with Crippen molar-refractivity contribution in [2.45, 2.75) is 12.5 Å². The highest BCUT2D eigenvalue weighted by atomic mass is 79.9. The number of hydrogen-bond donors (Lipinski definition) is 1. The van der Waals surface area contributed by atoms with Crippen molar-refractivity contribution < 1.29 is 9.18 Å². The summed E-state index contributed by atoms with van der Waals surface area (Å²) in [6.07, 6.45) is 2.41. The number of pyridine rings is 1. The van der Waals surface area contributed by atoms with Crippen LogP contribution in [0.5, 0.6) is 0 Å². The summed E-state index contributed by atoms with van der Waals surface area (Å²) < 4.78 is 13.1. The second-order valence-electron chi connectivity index (χ2n) is 4.68. The van der Waals surface area contributed by atoms with Gasteiger partial charge in [-0.1, -0.05) is 46.3 Å². The van der Waals surface area contributed by atoms with Crippen LogP contribution in [0.4, 0.5) is 4.39 Å². The minimum Gasteiger partial charge on any atom is -0.342 e. The molecule has 0 aliphatic heterocycles. The summed E-state index contributed by atoms with van der Waals surface area (Å²) in [6.45, 7) is 1.90. The molecular formula is C15H14BrFN2O. The van der Waals surface area contributed by atoms with Gasteiger partial charge >= 0.3 is 0 Å². The molecule has 0 aliphatic carbocycles. The van der Waals surface area contributed by atoms with Gasteiger partial charge in [0.15, 0.2) is 0 Å². The Kier molecular flexibility index (Phi) is 4.49. The Morgan fingerprint density at radius 2 is 2.05 bits per heavy atom. The van der Waals surface area contributed by atoms with Crippen molar-refractivity contribution in [2.75, 3.05) is 5.33 Å². The molecule has 1 aromatic carbocycles. The van der Waals surface area contributed by atoms with E-state index in [9.17, 15) is 9.18 Å². The number of carbonyl (C=O) groups excluding carboxylic acids is 1. The van der Waals surface area contributed by atoms with Crippen LogP contribution >= 0.6 is 15.9 Å². The zero-order valence-electron chi connectivity index (χ0n) is 10.9. The normalized spacial score (nSPS) is 13.6. The number of aromatic nitrogens is 1. The van der Waals surface area contributed by atoms with E-state index in [2.05, 4.69) is 26.2 Å². The number of hydrogen-bond acceptors (Lipinski definition) is 2. The Bertz CT molecular complexity index is 606. The maximum absolute atomic E-state index is 13.1. The van der Waals surface area contributed by atoms with Crippen LogP contribution in [0.2, 0.25) is 0 Å². The number of carbonyl (C=O) groups is 1. The molecule has 2 aromatic rings. The molecule has 0 radical (unpaired) electrons. The van der Waals surface area contributed by atoms with Gasteiger partial charge in [-0.3, -0.25) is 9.78 Å². The highest BCUT2D eigenvalue weighted by molar-refractivity contribution is 9.09. The van der Waals surface area contributed by atoms with Crippen LogP contribution in [0, 0.1) is 5.82 Å². The summed E-state index contributed by atoms with van der Waals surface area (Å²) in [5, 5.41) is 3.45. The van der Waals surface area contributed by atoms with Gasteiger partial charge in [0.25, 0.3) is 5.91 Å². The summed E-state index contributed by atoms with van der Waals surface area (Å²) in [4.78, 5) is 15.9. The Labute approximate surface area is 125 Å². The highest BCUT2D eigenvalue weighted by Crippen LogP contribution is 2.23. The first-order valence-corrected chi connectivity index (χ1v) is 7.22. The van der Waals surface area contributed by atoms with Gasteiger partial charge in [-0.15, -0.1) is 0 Å². The van der Waals surface area contributed by atoms with Crippen molar-refractivity contribution in [2.24, 2.45) is 0 Å². The average molecular weight is 337 g/mol. The average Bonchev–Trinajstić information content (AvgIpc) is 2.48. The van der Waals surface area contributed by atoms with E-state index in [4.69, 9.17) is 0 Å². The van der Waals surface area contributed by atoms with Crippen LogP contribution in [-0.2, 0) is 5.54 Å². The zero-order valence-corrected chi connectivity index (χ0v) is 12.5. The summed E-state index contributed by atoms with van der Waals surface area (Å²) >= 11 is 3.42. The third kappa shape index (κ3) is 3.22. The molecule has 0 saturated heterocycles. The predicted octanol–water partition coefficient (Wildman–Crippen LogP) is 3.26. The van der Waals surface area contributed by atoms with E-state index in [1.165, 1.54) is 12.3 Å². The number of alkyl halides is 1. The van der Waals surface area contributed by atoms with Crippen molar-refractivity contribution in [3.8, 4) is 0 Å². The predicted molar refractivity (Wildman–Crippen MR) is 79.2 cm³/mol. The summed E-state index contributed by atoms with van der Waals surface area (Å²) in [7, 11) is 0. The molecule has 0 spiro atoms. The fourth-order valence-corrected chi connectivity index (χ4v) is 2.31. The molecule has 0 saturated carbocycles. The Morgan fingerprint density at radius 1 is 1.35 bits per heavy atom. The summed E-state index contributed by atoms with van der Waals surface area (Å²) in [5.41, 5.74) is 0.590. The first-order valence-electron chi connectivity index (χ1n) is 6.10. The third-order valence-electron chi connectivity index (χ3n) is 3.03. The van der Waals surface area contributed by atoms with E-state index in [-0.39, 0.29) is 11.5 Å². The van der Waals surface area contributed by atoms with E-state index in [1.54, 1.807) is 0 Å². The largest absolute Gasteiger partial charge is 0.342 e. The monoisotopic (exact) mass is 336 g/mol. The quantitative estimate of drug-likeness (QED) is 0.870. The molecule has 20 heavy (non-hydrogen) atoms. The molecule has 0 aliphatic rings. The van der Waals surface area contributed by atoms with Crippen LogP contribution in [0.1, 0.15) is 22.8 Å². The molecule has 104 valence electrons. The minimum atomic E-state index is -0.579. The van der Waals surface area contributed by atoms with Crippen LogP contribution in [0.3, 0.4) is 0 Å². The third-order valence-corrected chi connectivity index (χ3v) is 4.16. The maximum atomic E-state index is 13.1. The molecule has 1 aromatic heterocycles. The van der Waals surface area contributed by atoms with Gasteiger partial charge in [-0.2, -0.15) is 0 Å². The molecule has 1 unspecified atom stereocenters. The van der Waals surface area contributed by atoms with Crippen LogP contribution in [-0.4, -0.2) is 16.2 Å². The SMILES string of the molecule is CC(CBr)(NC(=O)c1cncc(F)c1)c1ccccc1. The molecule has 0 fully saturated rings. The minimum absolute atomic E-state index is 0.202. The lowest BCUT2D eigenvalue weighted by Gasteiger charge is -2.29. The second-order valence-corrected chi connectivity index (χ2v) is 5.24. The first-order chi connectivity index (χ1) is 9.55. The summed E-state index contributed by atoms with van der Waals surface area (Å²) in [6, 6.07) is 10.8. The molecule has 1 heterocycles. The number of nitrogens with one attached hydrogen (secondary N) is 1. The lowest BCUT2D eigenvalue weighted by molar-refractivity contribution is 0.0913. The van der Waals surface area contributed by atoms with Gasteiger partial charge in [-0.05, 0) is 18.6 Å². The standard InChI is InChI=1S/C15H14BrFN2O/c1-15(10-16,12-5-3-2-4-6-12)19-14(20)11-7-13(17)9-18-8-11/h2-9H,10H2,1H3,(H,19,20). The number of amides is 1. The molecule has 3 nitrogen and oxygen atoms in total. The van der Waals surface area contributed by atoms with Crippen molar-refractivity contribution in [3.63, 3.8) is 0 Å². The van der Waals surface area contributed by atoms with Crippen molar-refractivity contribution in [1.82, 2.24) is 10.3 Å². The van der Waals surface area contributed by atoms with Gasteiger partial charge in [0.05, 0.1) is 17.3 Å². The number of benzene rings is 1. The molecule has 5 heteroatoms. The Hall–Kier alpha value is -1.75. The Morgan fingerprint density at radius 3 is 2.65 bits per heavy atom. The lowest BCUT2D eigenvalue weighted by atomic mass is 9.94. The van der Waals surface area contributed by atoms with Crippen LogP contribution < -0.4 is 5.32 Å². The van der Waals surface area contributed by atoms with Crippen molar-refractivity contribution >= 4 is 21.8 Å². The fraction of sp³-hybridized carbons (Fsp3) is 0.200. The van der Waals surface area contributed by atoms with Gasteiger partial charge in [-0.25, -0.2) is 4.39 Å². The number of rotatable bonds is 4. The van der Waals surface area contributed by atoms with Gasteiger partial charge < -0.3 is 5.32 Å². The molecular weight excluding hydrogens is 323 g/mol. The number of halogens is 2. The van der Waals surface area contributed by atoms with Crippen molar-refractivity contribution in [3.05, 3.63) is 65.7 Å². The van der Waals surface area contributed by atoms with Crippen LogP contribution in [0.25, 0.3) is 0 Å². The number of nitrogens with zero attached hydrogens (tertiary/aromatic N) is 1. The van der Waals surface area contributed by atoms with Gasteiger partial charge in [0.2, 0.25) is 0 Å². The van der Waals surface area contributed by atoms with E-state index in [1.807, 2.05) is 37.3 Å². The molecule has 1 amide bonds. The van der Waals surface area contributed by atoms with E-state index >= 15 is 0 Å². The van der Waals surface area contributed by atoms with Crippen molar-refractivity contribution in [1.29, 1.82) is 0 Å². The molecule has 1 atom stereocenters. The maximum Gasteiger partial charge on any atom is 0.253 e. The lowest BCUT2D eigenvalue weighted by Crippen LogP contribution is -2.45. The smallest absolute Gasteiger partial charge is 0.253 e. The first kappa shape index (κ1) is 14.7.